The van der Waals surface area contributed by atoms with Crippen LogP contribution in [0, 0.1) is 0 Å². The van der Waals surface area contributed by atoms with Crippen molar-refractivity contribution in [1.29, 1.82) is 0 Å². The number of nitrogens with zero attached hydrogens (tertiary/aromatic N) is 2. The first-order valence-corrected chi connectivity index (χ1v) is 10.6. The van der Waals surface area contributed by atoms with Gasteiger partial charge in [-0.3, -0.25) is 4.79 Å². The summed E-state index contributed by atoms with van der Waals surface area (Å²) >= 11 is 0. The fraction of sp³-hybridized carbons (Fsp3) is 0.160. The number of amides is 1. The van der Waals surface area contributed by atoms with Crippen LogP contribution < -0.4 is 5.32 Å². The Bertz CT molecular complexity index is 1420. The van der Waals surface area contributed by atoms with Crippen LogP contribution in [0.3, 0.4) is 0 Å². The van der Waals surface area contributed by atoms with E-state index in [0.717, 1.165) is 0 Å². The van der Waals surface area contributed by atoms with E-state index in [1.165, 1.54) is 54.5 Å². The summed E-state index contributed by atoms with van der Waals surface area (Å²) in [4.78, 5) is 24.2. The van der Waals surface area contributed by atoms with Gasteiger partial charge in [0.05, 0.1) is 30.3 Å². The second-order valence-corrected chi connectivity index (χ2v) is 7.91. The summed E-state index contributed by atoms with van der Waals surface area (Å²) in [6.45, 7) is 0. The summed E-state index contributed by atoms with van der Waals surface area (Å²) in [6, 6.07) is 13.9. The van der Waals surface area contributed by atoms with E-state index in [1.807, 2.05) is 0 Å². The third kappa shape index (κ3) is 4.07. The number of nitrogens with one attached hydrogen (secondary N) is 1. The van der Waals surface area contributed by atoms with Gasteiger partial charge < -0.3 is 14.5 Å². The molecular weight excluding hydrogens is 463 g/mol. The van der Waals surface area contributed by atoms with E-state index in [0.29, 0.717) is 45.9 Å². The Morgan fingerprint density at radius 2 is 1.69 bits per heavy atom. The van der Waals surface area contributed by atoms with E-state index in [1.54, 1.807) is 18.2 Å². The molecule has 0 aliphatic heterocycles. The quantitative estimate of drug-likeness (QED) is 0.401. The highest BCUT2D eigenvalue weighted by molar-refractivity contribution is 6.04. The van der Waals surface area contributed by atoms with Crippen LogP contribution in [0.2, 0.25) is 0 Å². The van der Waals surface area contributed by atoms with Gasteiger partial charge in [0.25, 0.3) is 5.91 Å². The molecule has 2 heterocycles. The van der Waals surface area contributed by atoms with E-state index >= 15 is 0 Å². The number of methoxy groups -OCH3 is 1. The smallest absolute Gasteiger partial charge is 0.435 e. The van der Waals surface area contributed by atoms with Gasteiger partial charge >= 0.3 is 12.1 Å². The highest BCUT2D eigenvalue weighted by Crippen LogP contribution is 2.42. The molecule has 1 N–H and O–H groups in total. The number of carbonyl (C=O) groups is 2. The Morgan fingerprint density at radius 3 is 2.34 bits per heavy atom. The van der Waals surface area contributed by atoms with Crippen molar-refractivity contribution in [1.82, 2.24) is 9.78 Å². The first-order valence-electron chi connectivity index (χ1n) is 10.6. The molecule has 0 saturated heterocycles. The number of halogens is 3. The van der Waals surface area contributed by atoms with E-state index in [2.05, 4.69) is 15.2 Å². The topological polar surface area (TPSA) is 86.4 Å². The highest BCUT2D eigenvalue weighted by atomic mass is 19.4. The number of hydrogen-bond acceptors (Lipinski definition) is 5. The standard InChI is InChI=1S/C25H18F3N3O4/c1-34-24(33)15-2-6-16(7-3-15)29-23(32)14-4-8-17(9-5-14)31-21-18-12-13-35-20(18)11-10-19(21)22(30-31)25(26,27)28/h2-9,12-13H,10-11H2,1H3,(H,29,32). The van der Waals surface area contributed by atoms with Crippen molar-refractivity contribution in [3.63, 3.8) is 0 Å². The van der Waals surface area contributed by atoms with Crippen molar-refractivity contribution < 1.29 is 31.9 Å². The summed E-state index contributed by atoms with van der Waals surface area (Å²) in [5, 5.41) is 6.61. The molecular formula is C25H18F3N3O4. The average molecular weight is 481 g/mol. The molecule has 35 heavy (non-hydrogen) atoms. The number of benzene rings is 2. The van der Waals surface area contributed by atoms with Crippen LogP contribution in [0.5, 0.6) is 0 Å². The minimum atomic E-state index is -4.60. The minimum absolute atomic E-state index is 0.128. The zero-order chi connectivity index (χ0) is 24.7. The molecule has 10 heteroatoms. The van der Waals surface area contributed by atoms with Crippen LogP contribution in [0.25, 0.3) is 16.9 Å². The Morgan fingerprint density at radius 1 is 1.00 bits per heavy atom. The molecule has 0 bridgehead atoms. The number of furan rings is 1. The first-order chi connectivity index (χ1) is 16.8. The molecule has 2 aromatic carbocycles. The van der Waals surface area contributed by atoms with Gasteiger partial charge in [-0.15, -0.1) is 0 Å². The molecule has 7 nitrogen and oxygen atoms in total. The predicted octanol–water partition coefficient (Wildman–Crippen LogP) is 5.29. The number of hydrogen-bond donors (Lipinski definition) is 1. The van der Waals surface area contributed by atoms with Gasteiger partial charge in [-0.1, -0.05) is 0 Å². The number of fused-ring (bicyclic) bond motifs is 3. The van der Waals surface area contributed by atoms with Crippen LogP contribution in [0.4, 0.5) is 18.9 Å². The molecule has 1 aliphatic rings. The Kier molecular flexibility index (Phi) is 5.43. The average Bonchev–Trinajstić information content (AvgIpc) is 3.48. The molecule has 0 spiro atoms. The number of alkyl halides is 3. The number of anilines is 1. The number of esters is 1. The Labute approximate surface area is 197 Å². The van der Waals surface area contributed by atoms with Crippen LogP contribution in [0.1, 0.15) is 37.7 Å². The summed E-state index contributed by atoms with van der Waals surface area (Å²) in [6.07, 6.45) is -2.61. The second kappa shape index (κ2) is 8.46. The monoisotopic (exact) mass is 481 g/mol. The van der Waals surface area contributed by atoms with Crippen molar-refractivity contribution >= 4 is 17.6 Å². The fourth-order valence-electron chi connectivity index (χ4n) is 4.13. The molecule has 0 radical (unpaired) electrons. The summed E-state index contributed by atoms with van der Waals surface area (Å²) in [5.74, 6) is -0.296. The van der Waals surface area contributed by atoms with Crippen molar-refractivity contribution in [3.8, 4) is 16.9 Å². The summed E-state index contributed by atoms with van der Waals surface area (Å²) < 4.78 is 52.4. The van der Waals surface area contributed by atoms with Crippen molar-refractivity contribution in [2.24, 2.45) is 0 Å². The Hall–Kier alpha value is -4.34. The highest BCUT2D eigenvalue weighted by Gasteiger charge is 2.41. The lowest BCUT2D eigenvalue weighted by Gasteiger charge is -2.15. The maximum atomic E-state index is 13.7. The lowest BCUT2D eigenvalue weighted by atomic mass is 9.94. The summed E-state index contributed by atoms with van der Waals surface area (Å²) in [5.41, 5.74) is 1.62. The van der Waals surface area contributed by atoms with Crippen LogP contribution in [-0.2, 0) is 23.8 Å². The predicted molar refractivity (Wildman–Crippen MR) is 119 cm³/mol. The molecule has 0 fully saturated rings. The van der Waals surface area contributed by atoms with Crippen LogP contribution in [-0.4, -0.2) is 28.8 Å². The van der Waals surface area contributed by atoms with Crippen molar-refractivity contribution in [3.05, 3.63) is 89.0 Å². The van der Waals surface area contributed by atoms with Crippen LogP contribution >= 0.6 is 0 Å². The van der Waals surface area contributed by atoms with E-state index in [-0.39, 0.29) is 12.0 Å². The number of aromatic nitrogens is 2. The molecule has 1 amide bonds. The van der Waals surface area contributed by atoms with Gasteiger partial charge in [0.2, 0.25) is 0 Å². The van der Waals surface area contributed by atoms with Crippen LogP contribution in [0.15, 0.2) is 65.3 Å². The van der Waals surface area contributed by atoms with E-state index in [4.69, 9.17) is 4.42 Å². The molecule has 0 saturated carbocycles. The minimum Gasteiger partial charge on any atom is -0.469 e. The molecule has 4 aromatic rings. The molecule has 0 unspecified atom stereocenters. The third-order valence-electron chi connectivity index (χ3n) is 5.79. The fourth-order valence-corrected chi connectivity index (χ4v) is 4.13. The maximum Gasteiger partial charge on any atom is 0.435 e. The Balaban J connectivity index is 1.43. The molecule has 178 valence electrons. The molecule has 2 aromatic heterocycles. The van der Waals surface area contributed by atoms with Gasteiger partial charge in [0.1, 0.15) is 5.76 Å². The third-order valence-corrected chi connectivity index (χ3v) is 5.79. The lowest BCUT2D eigenvalue weighted by Crippen LogP contribution is -2.12. The number of ether oxygens (including phenoxy) is 1. The van der Waals surface area contributed by atoms with Gasteiger partial charge in [-0.2, -0.15) is 18.3 Å². The van der Waals surface area contributed by atoms with Gasteiger partial charge in [0.15, 0.2) is 5.69 Å². The van der Waals surface area contributed by atoms with E-state index in [9.17, 15) is 22.8 Å². The molecule has 1 aliphatic carbocycles. The SMILES string of the molecule is COC(=O)c1ccc(NC(=O)c2ccc(-n3nc(C(F)(F)F)c4c3-c3ccoc3CC4)cc2)cc1. The number of aryl methyl sites for hydroxylation is 1. The van der Waals surface area contributed by atoms with Gasteiger partial charge in [-0.25, -0.2) is 9.48 Å². The second-order valence-electron chi connectivity index (χ2n) is 7.91. The number of carbonyl (C=O) groups excluding carboxylic acids is 2. The van der Waals surface area contributed by atoms with E-state index < -0.39 is 23.7 Å². The normalized spacial score (nSPS) is 12.6. The largest absolute Gasteiger partial charge is 0.469 e. The molecule has 0 atom stereocenters. The maximum absolute atomic E-state index is 13.7. The lowest BCUT2D eigenvalue weighted by molar-refractivity contribution is -0.142. The van der Waals surface area contributed by atoms with Gasteiger partial charge in [-0.05, 0) is 61.0 Å². The van der Waals surface area contributed by atoms with Gasteiger partial charge in [0, 0.05) is 28.8 Å². The zero-order valence-corrected chi connectivity index (χ0v) is 18.3. The summed E-state index contributed by atoms with van der Waals surface area (Å²) in [7, 11) is 1.28. The number of rotatable bonds is 4. The first kappa shape index (κ1) is 22.5. The van der Waals surface area contributed by atoms with Crippen molar-refractivity contribution in [2.75, 3.05) is 12.4 Å². The molecule has 5 rings (SSSR count). The van der Waals surface area contributed by atoms with Crippen molar-refractivity contribution in [2.45, 2.75) is 19.0 Å². The zero-order valence-electron chi connectivity index (χ0n) is 18.3.